The number of anilines is 1. The van der Waals surface area contributed by atoms with E-state index in [0.717, 1.165) is 9.87 Å². The molecule has 6 nitrogen and oxygen atoms in total. The third-order valence-corrected chi connectivity index (χ3v) is 5.38. The van der Waals surface area contributed by atoms with Crippen molar-refractivity contribution >= 4 is 21.7 Å². The van der Waals surface area contributed by atoms with Gasteiger partial charge in [0.15, 0.2) is 0 Å². The van der Waals surface area contributed by atoms with E-state index in [1.54, 1.807) is 66.2 Å². The third-order valence-electron chi connectivity index (χ3n) is 4.43. The first-order valence-corrected chi connectivity index (χ1v) is 9.89. The number of carbonyl (C=O) groups is 1. The molecule has 1 heterocycles. The Labute approximate surface area is 159 Å². The highest BCUT2D eigenvalue weighted by Crippen LogP contribution is 2.21. The Kier molecular flexibility index (Phi) is 5.16. The summed E-state index contributed by atoms with van der Waals surface area (Å²) in [5.74, 6) is -0.120. The van der Waals surface area contributed by atoms with Gasteiger partial charge in [0.05, 0.1) is 17.9 Å². The minimum Gasteiger partial charge on any atom is -0.343 e. The number of rotatable bonds is 6. The molecule has 27 heavy (non-hydrogen) atoms. The van der Waals surface area contributed by atoms with Gasteiger partial charge in [0.25, 0.3) is 10.2 Å². The van der Waals surface area contributed by atoms with Crippen LogP contribution in [0.4, 0.5) is 5.69 Å². The predicted octanol–water partition coefficient (Wildman–Crippen LogP) is 2.77. The zero-order valence-corrected chi connectivity index (χ0v) is 16.0. The minimum atomic E-state index is -3.97. The van der Waals surface area contributed by atoms with Gasteiger partial charge in [-0.3, -0.25) is 9.10 Å². The maximum Gasteiger partial charge on any atom is 0.299 e. The normalized spacial score (nSPS) is 11.4. The lowest BCUT2D eigenvalue weighted by atomic mass is 10.1. The van der Waals surface area contributed by atoms with Gasteiger partial charge >= 0.3 is 0 Å². The van der Waals surface area contributed by atoms with Crippen LogP contribution in [0.25, 0.3) is 0 Å². The predicted molar refractivity (Wildman–Crippen MR) is 106 cm³/mol. The zero-order valence-electron chi connectivity index (χ0n) is 15.2. The Bertz CT molecular complexity index is 1060. The molecule has 0 spiro atoms. The van der Waals surface area contributed by atoms with Crippen molar-refractivity contribution in [3.05, 3.63) is 89.2 Å². The van der Waals surface area contributed by atoms with Crippen molar-refractivity contribution in [2.24, 2.45) is 12.2 Å². The van der Waals surface area contributed by atoms with Gasteiger partial charge in [0.1, 0.15) is 0 Å². The highest BCUT2D eigenvalue weighted by Gasteiger charge is 2.21. The molecule has 2 aromatic carbocycles. The summed E-state index contributed by atoms with van der Waals surface area (Å²) in [4.78, 5) is 12.8. The van der Waals surface area contributed by atoms with Crippen molar-refractivity contribution in [1.82, 2.24) is 4.57 Å². The van der Waals surface area contributed by atoms with Crippen LogP contribution in [0.5, 0.6) is 0 Å². The first-order valence-electron chi connectivity index (χ1n) is 8.39. The van der Waals surface area contributed by atoms with E-state index in [-0.39, 0.29) is 12.3 Å². The topological polar surface area (TPSA) is 85.4 Å². The number of hydrogen-bond acceptors (Lipinski definition) is 3. The molecule has 7 heteroatoms. The number of nitrogens with two attached hydrogens (primary N) is 1. The highest BCUT2D eigenvalue weighted by atomic mass is 32.2. The second-order valence-corrected chi connectivity index (χ2v) is 7.82. The fraction of sp³-hybridized carbons (Fsp3) is 0.150. The van der Waals surface area contributed by atoms with Crippen molar-refractivity contribution in [2.45, 2.75) is 13.5 Å². The second-order valence-electron chi connectivity index (χ2n) is 6.35. The van der Waals surface area contributed by atoms with Crippen LogP contribution in [0.3, 0.4) is 0 Å². The molecule has 0 aliphatic carbocycles. The van der Waals surface area contributed by atoms with E-state index < -0.39 is 10.2 Å². The molecule has 0 atom stereocenters. The van der Waals surface area contributed by atoms with Crippen molar-refractivity contribution in [1.29, 1.82) is 0 Å². The van der Waals surface area contributed by atoms with Crippen LogP contribution in [0.2, 0.25) is 0 Å². The lowest BCUT2D eigenvalue weighted by Crippen LogP contribution is -2.36. The molecule has 3 aromatic rings. The Morgan fingerprint density at radius 1 is 1.00 bits per heavy atom. The Morgan fingerprint density at radius 2 is 1.63 bits per heavy atom. The standard InChI is InChI=1S/C20H21N3O3S/c1-15-8-10-16(11-9-15)20(24)19-13-12-18(22(19)2)14-23(27(21,25)26)17-6-4-3-5-7-17/h3-13H,14H2,1-2H3,(H2,21,25,26). The molecule has 0 aliphatic rings. The number of carbonyl (C=O) groups excluding carboxylic acids is 1. The van der Waals surface area contributed by atoms with Gasteiger partial charge in [0, 0.05) is 18.3 Å². The van der Waals surface area contributed by atoms with E-state index in [4.69, 9.17) is 5.14 Å². The highest BCUT2D eigenvalue weighted by molar-refractivity contribution is 7.90. The lowest BCUT2D eigenvalue weighted by Gasteiger charge is -2.22. The number of hydrogen-bond donors (Lipinski definition) is 1. The van der Waals surface area contributed by atoms with Crippen LogP contribution in [0.15, 0.2) is 66.7 Å². The van der Waals surface area contributed by atoms with Gasteiger partial charge in [-0.1, -0.05) is 48.0 Å². The van der Waals surface area contributed by atoms with E-state index in [0.29, 0.717) is 22.6 Å². The van der Waals surface area contributed by atoms with Crippen LogP contribution >= 0.6 is 0 Å². The number of aromatic nitrogens is 1. The first-order chi connectivity index (χ1) is 12.8. The molecule has 0 unspecified atom stereocenters. The Morgan fingerprint density at radius 3 is 2.22 bits per heavy atom. The Hall–Kier alpha value is -2.90. The maximum atomic E-state index is 12.8. The molecular formula is C20H21N3O3S. The Balaban J connectivity index is 1.92. The SMILES string of the molecule is Cc1ccc(C(=O)c2ccc(CN(c3ccccc3)S(N)(=O)=O)n2C)cc1. The van der Waals surface area contributed by atoms with Crippen molar-refractivity contribution in [3.8, 4) is 0 Å². The van der Waals surface area contributed by atoms with Gasteiger partial charge in [0.2, 0.25) is 5.78 Å². The number of benzene rings is 2. The zero-order chi connectivity index (χ0) is 19.6. The van der Waals surface area contributed by atoms with Crippen LogP contribution in [-0.2, 0) is 23.8 Å². The van der Waals surface area contributed by atoms with Gasteiger partial charge in [-0.25, -0.2) is 5.14 Å². The fourth-order valence-corrected chi connectivity index (χ4v) is 3.59. The minimum absolute atomic E-state index is 0.0283. The summed E-state index contributed by atoms with van der Waals surface area (Å²) in [6, 6.07) is 19.4. The van der Waals surface area contributed by atoms with E-state index >= 15 is 0 Å². The molecule has 0 saturated carbocycles. The van der Waals surface area contributed by atoms with Crippen molar-refractivity contribution < 1.29 is 13.2 Å². The summed E-state index contributed by atoms with van der Waals surface area (Å²) < 4.78 is 26.9. The molecule has 0 fully saturated rings. The summed E-state index contributed by atoms with van der Waals surface area (Å²) in [5, 5.41) is 5.40. The van der Waals surface area contributed by atoms with Crippen LogP contribution < -0.4 is 9.44 Å². The molecule has 140 valence electrons. The van der Waals surface area contributed by atoms with E-state index in [1.807, 2.05) is 19.1 Å². The lowest BCUT2D eigenvalue weighted by molar-refractivity contribution is 0.103. The monoisotopic (exact) mass is 383 g/mol. The molecule has 3 rings (SSSR count). The van der Waals surface area contributed by atoms with Crippen LogP contribution in [0, 0.1) is 6.92 Å². The number of ketones is 1. The first kappa shape index (κ1) is 18.9. The molecule has 0 bridgehead atoms. The molecular weight excluding hydrogens is 362 g/mol. The summed E-state index contributed by atoms with van der Waals surface area (Å²) in [7, 11) is -2.23. The fourth-order valence-electron chi connectivity index (χ4n) is 2.86. The summed E-state index contributed by atoms with van der Waals surface area (Å²) in [5.41, 5.74) is 3.26. The van der Waals surface area contributed by atoms with E-state index in [9.17, 15) is 13.2 Å². The van der Waals surface area contributed by atoms with E-state index in [1.165, 1.54) is 0 Å². The number of aryl methyl sites for hydroxylation is 1. The summed E-state index contributed by atoms with van der Waals surface area (Å²) in [6.07, 6.45) is 0. The molecule has 1 aromatic heterocycles. The molecule has 0 radical (unpaired) electrons. The molecule has 0 aliphatic heterocycles. The average molecular weight is 383 g/mol. The van der Waals surface area contributed by atoms with Crippen molar-refractivity contribution in [2.75, 3.05) is 4.31 Å². The van der Waals surface area contributed by atoms with Gasteiger partial charge < -0.3 is 4.57 Å². The summed E-state index contributed by atoms with van der Waals surface area (Å²) >= 11 is 0. The van der Waals surface area contributed by atoms with E-state index in [2.05, 4.69) is 0 Å². The summed E-state index contributed by atoms with van der Waals surface area (Å²) in [6.45, 7) is 1.99. The van der Waals surface area contributed by atoms with Gasteiger partial charge in [-0.05, 0) is 31.2 Å². The van der Waals surface area contributed by atoms with Crippen LogP contribution in [-0.4, -0.2) is 18.8 Å². The number of para-hydroxylation sites is 1. The quantitative estimate of drug-likeness (QED) is 0.664. The van der Waals surface area contributed by atoms with Gasteiger partial charge in [-0.2, -0.15) is 8.42 Å². The van der Waals surface area contributed by atoms with Gasteiger partial charge in [-0.15, -0.1) is 0 Å². The maximum absolute atomic E-state index is 12.8. The number of nitrogens with zero attached hydrogens (tertiary/aromatic N) is 2. The average Bonchev–Trinajstić information content (AvgIpc) is 3.00. The molecule has 0 saturated heterocycles. The largest absolute Gasteiger partial charge is 0.343 e. The molecule has 0 amide bonds. The second kappa shape index (κ2) is 7.38. The van der Waals surface area contributed by atoms with Crippen molar-refractivity contribution in [3.63, 3.8) is 0 Å². The molecule has 2 N–H and O–H groups in total. The third kappa shape index (κ3) is 4.10. The smallest absolute Gasteiger partial charge is 0.299 e. The van der Waals surface area contributed by atoms with Crippen LogP contribution in [0.1, 0.15) is 27.3 Å².